The van der Waals surface area contributed by atoms with Crippen LogP contribution in [0.15, 0.2) is 29.1 Å². The predicted octanol–water partition coefficient (Wildman–Crippen LogP) is 6.68. The summed E-state index contributed by atoms with van der Waals surface area (Å²) in [5, 5.41) is 28.5. The molecule has 370 valence electrons. The van der Waals surface area contributed by atoms with Crippen molar-refractivity contribution in [2.24, 2.45) is 5.73 Å². The Bertz CT molecular complexity index is 2320. The van der Waals surface area contributed by atoms with Crippen molar-refractivity contribution in [2.45, 2.75) is 174 Å². The van der Waals surface area contributed by atoms with Gasteiger partial charge in [0.25, 0.3) is 11.5 Å². The van der Waals surface area contributed by atoms with Crippen molar-refractivity contribution in [3.05, 3.63) is 73.8 Å². The third kappa shape index (κ3) is 14.1. The van der Waals surface area contributed by atoms with Gasteiger partial charge in [0, 0.05) is 60.4 Å². The van der Waals surface area contributed by atoms with E-state index in [1.165, 1.54) is 13.2 Å². The van der Waals surface area contributed by atoms with Gasteiger partial charge in [0.15, 0.2) is 6.29 Å². The van der Waals surface area contributed by atoms with Gasteiger partial charge in [-0.05, 0) is 148 Å². The fourth-order valence-corrected chi connectivity index (χ4v) is 8.59. The average Bonchev–Trinajstić information content (AvgIpc) is 3.65. The lowest BCUT2D eigenvalue weighted by molar-refractivity contribution is -0.141. The van der Waals surface area contributed by atoms with E-state index in [-0.39, 0.29) is 53.1 Å². The number of nitrogens with zero attached hydrogens (tertiary/aromatic N) is 2. The van der Waals surface area contributed by atoms with Crippen molar-refractivity contribution < 1.29 is 48.0 Å². The molecule has 0 radical (unpaired) electrons. The molecular formula is C51H74FN5O10. The van der Waals surface area contributed by atoms with E-state index in [9.17, 15) is 38.6 Å². The van der Waals surface area contributed by atoms with E-state index in [1.807, 2.05) is 7.05 Å². The Labute approximate surface area is 394 Å². The highest BCUT2D eigenvalue weighted by Gasteiger charge is 2.38. The number of methoxy groups -OCH3 is 1. The van der Waals surface area contributed by atoms with Gasteiger partial charge in [0.05, 0.1) is 35.7 Å². The molecule has 0 saturated carbocycles. The van der Waals surface area contributed by atoms with E-state index in [4.69, 9.17) is 24.9 Å². The lowest BCUT2D eigenvalue weighted by atomic mass is 9.84. The summed E-state index contributed by atoms with van der Waals surface area (Å²) in [7, 11) is 3.45. The summed E-state index contributed by atoms with van der Waals surface area (Å²) >= 11 is 0. The molecule has 3 heterocycles. The predicted molar refractivity (Wildman–Crippen MR) is 256 cm³/mol. The van der Waals surface area contributed by atoms with Gasteiger partial charge < -0.3 is 50.2 Å². The number of primary amides is 1. The van der Waals surface area contributed by atoms with E-state index in [0.717, 1.165) is 79.9 Å². The topological polar surface area (TPSA) is 221 Å². The number of pyridine rings is 2. The quantitative estimate of drug-likeness (QED) is 0.0425. The first-order valence-corrected chi connectivity index (χ1v) is 23.6. The van der Waals surface area contributed by atoms with E-state index in [1.54, 1.807) is 36.6 Å². The van der Waals surface area contributed by atoms with Gasteiger partial charge in [0.1, 0.15) is 29.4 Å². The van der Waals surface area contributed by atoms with Crippen LogP contribution in [-0.4, -0.2) is 94.5 Å². The zero-order valence-corrected chi connectivity index (χ0v) is 41.1. The number of carbonyl (C=O) groups is 4. The van der Waals surface area contributed by atoms with Gasteiger partial charge in [-0.2, -0.15) is 0 Å². The molecule has 1 unspecified atom stereocenters. The number of hydrogen-bond donors (Lipinski definition) is 5. The minimum Gasteiger partial charge on any atom is -0.442 e. The number of aryl methyl sites for hydroxylation is 2. The molecule has 3 aliphatic rings. The lowest BCUT2D eigenvalue weighted by Gasteiger charge is -2.29. The molecule has 0 fully saturated rings. The van der Waals surface area contributed by atoms with E-state index in [0.29, 0.717) is 67.5 Å². The SMILES string of the molecule is CC[C@@](O)(C=O)c1cc2n(c(=O)c1COC)Cc1c-2nc2cc(F)c(C)c3c2c1CCC3.CNC(C)(C)CCOC(C)(C)C.NC(=O)OC1/C=C/CC[C@@](O)(C(=O)NCCCCCC=O)CC1. The second-order valence-electron chi connectivity index (χ2n) is 19.4. The second-order valence-corrected chi connectivity index (χ2v) is 19.4. The average molecular weight is 936 g/mol. The number of hydrogen-bond acceptors (Lipinski definition) is 12. The van der Waals surface area contributed by atoms with Crippen LogP contribution in [-0.2, 0) is 60.2 Å². The Kier molecular flexibility index (Phi) is 19.5. The number of aromatic nitrogens is 2. The molecule has 15 nitrogen and oxygen atoms in total. The van der Waals surface area contributed by atoms with Crippen molar-refractivity contribution in [3.8, 4) is 11.4 Å². The maximum absolute atomic E-state index is 14.6. The first-order chi connectivity index (χ1) is 31.6. The van der Waals surface area contributed by atoms with Crippen LogP contribution in [0.1, 0.15) is 146 Å². The number of ether oxygens (including phenoxy) is 3. The second kappa shape index (κ2) is 23.9. The highest BCUT2D eigenvalue weighted by molar-refractivity contribution is 5.92. The van der Waals surface area contributed by atoms with Crippen LogP contribution in [0, 0.1) is 12.7 Å². The number of aliphatic hydroxyl groups is 2. The van der Waals surface area contributed by atoms with Gasteiger partial charge in [-0.1, -0.05) is 19.4 Å². The molecule has 16 heteroatoms. The Balaban J connectivity index is 0.000000245. The van der Waals surface area contributed by atoms with E-state index in [2.05, 4.69) is 45.3 Å². The molecule has 6 N–H and O–H groups in total. The number of rotatable bonds is 17. The highest BCUT2D eigenvalue weighted by Crippen LogP contribution is 2.42. The van der Waals surface area contributed by atoms with Crippen molar-refractivity contribution in [1.29, 1.82) is 0 Å². The van der Waals surface area contributed by atoms with Gasteiger partial charge in [-0.25, -0.2) is 14.2 Å². The van der Waals surface area contributed by atoms with Gasteiger partial charge in [-0.3, -0.25) is 14.4 Å². The summed E-state index contributed by atoms with van der Waals surface area (Å²) in [5.74, 6) is -0.679. The van der Waals surface area contributed by atoms with Crippen molar-refractivity contribution in [1.82, 2.24) is 20.2 Å². The van der Waals surface area contributed by atoms with Crippen LogP contribution in [0.3, 0.4) is 0 Å². The van der Waals surface area contributed by atoms with Crippen LogP contribution in [0.4, 0.5) is 9.18 Å². The molecule has 0 spiro atoms. The molecular weight excluding hydrogens is 862 g/mol. The number of carbonyl (C=O) groups excluding carboxylic acids is 4. The number of nitrogens with two attached hydrogens (primary N) is 1. The monoisotopic (exact) mass is 936 g/mol. The third-order valence-electron chi connectivity index (χ3n) is 12.9. The Hall–Kier alpha value is -4.87. The summed E-state index contributed by atoms with van der Waals surface area (Å²) in [6.45, 7) is 15.7. The van der Waals surface area contributed by atoms with Crippen LogP contribution in [0.2, 0.25) is 0 Å². The number of benzene rings is 1. The van der Waals surface area contributed by atoms with Gasteiger partial charge in [0.2, 0.25) is 0 Å². The first-order valence-electron chi connectivity index (χ1n) is 23.6. The van der Waals surface area contributed by atoms with Gasteiger partial charge in [-0.15, -0.1) is 0 Å². The Morgan fingerprint density at radius 3 is 2.42 bits per heavy atom. The zero-order chi connectivity index (χ0) is 49.7. The molecule has 2 aliphatic carbocycles. The van der Waals surface area contributed by atoms with Crippen LogP contribution < -0.4 is 21.9 Å². The molecule has 0 saturated heterocycles. The number of amides is 2. The van der Waals surface area contributed by atoms with E-state index >= 15 is 0 Å². The van der Waals surface area contributed by atoms with Crippen molar-refractivity contribution in [2.75, 3.05) is 27.3 Å². The summed E-state index contributed by atoms with van der Waals surface area (Å²) in [4.78, 5) is 63.3. The summed E-state index contributed by atoms with van der Waals surface area (Å²) in [6.07, 6.45) is 11.5. The molecule has 0 bridgehead atoms. The van der Waals surface area contributed by atoms with Crippen LogP contribution in [0.5, 0.6) is 0 Å². The number of halogens is 1. The maximum Gasteiger partial charge on any atom is 0.405 e. The normalized spacial score (nSPS) is 18.9. The molecule has 2 aromatic heterocycles. The summed E-state index contributed by atoms with van der Waals surface area (Å²) < 4.78 is 32.0. The molecule has 6 rings (SSSR count). The molecule has 1 aromatic carbocycles. The Morgan fingerprint density at radius 1 is 1.07 bits per heavy atom. The zero-order valence-electron chi connectivity index (χ0n) is 41.1. The maximum atomic E-state index is 14.6. The summed E-state index contributed by atoms with van der Waals surface area (Å²) in [5.41, 5.74) is 7.61. The minimum atomic E-state index is -1.80. The molecule has 3 atom stereocenters. The first kappa shape index (κ1) is 54.7. The fourth-order valence-electron chi connectivity index (χ4n) is 8.59. The van der Waals surface area contributed by atoms with Crippen LogP contribution in [0.25, 0.3) is 22.3 Å². The lowest BCUT2D eigenvalue weighted by Crippen LogP contribution is -2.48. The fraction of sp³-hybridized carbons (Fsp3) is 0.608. The number of unbranched alkanes of at least 4 members (excludes halogenated alkanes) is 3. The Morgan fingerprint density at radius 2 is 1.79 bits per heavy atom. The number of aldehydes is 2. The molecule has 2 amide bonds. The van der Waals surface area contributed by atoms with Crippen LogP contribution >= 0.6 is 0 Å². The van der Waals surface area contributed by atoms with E-state index < -0.39 is 29.3 Å². The number of fused-ring (bicyclic) bond motifs is 4. The highest BCUT2D eigenvalue weighted by atomic mass is 19.1. The standard InChI is InChI=1S/C25H25FN2O4.C16H26N2O5.C10H23NO/c1-4-25(31,12-29)18-8-21-23-16(10-28(21)24(30)17(18)11-32-3)15-7-5-6-14-13(2)19(26)9-20(27-23)22(14)15;17-15(21)23-13-7-3-4-9-16(22,10-8-13)14(20)18-11-5-1-2-6-12-19;1-9(2,3)12-8-7-10(4,5)11-6/h8-9,12,31H,4-7,10-11H2,1-3H3;3,7,12-13,22H,1-2,4-6,8-11H2,(H2,17,21)(H,18,20);11H,7-8H2,1-6H3/b;7-3+;/t25-;13?,16-;/m10./s1. The third-order valence-corrected chi connectivity index (χ3v) is 12.9. The number of allylic oxidation sites excluding steroid dienone is 1. The summed E-state index contributed by atoms with van der Waals surface area (Å²) in [6, 6.07) is 3.15. The smallest absolute Gasteiger partial charge is 0.405 e. The largest absolute Gasteiger partial charge is 0.442 e. The minimum absolute atomic E-state index is 0.0101. The molecule has 3 aromatic rings. The van der Waals surface area contributed by atoms with Gasteiger partial charge >= 0.3 is 6.09 Å². The number of nitrogens with one attached hydrogen (secondary N) is 2. The molecule has 67 heavy (non-hydrogen) atoms. The van der Waals surface area contributed by atoms with Crippen molar-refractivity contribution >= 4 is 35.5 Å². The molecule has 1 aliphatic heterocycles. The van der Waals surface area contributed by atoms with Crippen molar-refractivity contribution in [3.63, 3.8) is 0 Å².